The minimum atomic E-state index is -1.04. The molecule has 4 nitrogen and oxygen atoms in total. The van der Waals surface area contributed by atoms with Gasteiger partial charge in [-0.1, -0.05) is 11.6 Å². The van der Waals surface area contributed by atoms with Gasteiger partial charge in [0.25, 0.3) is 0 Å². The number of carboxylic acid groups (broad SMARTS) is 1. The summed E-state index contributed by atoms with van der Waals surface area (Å²) in [5.41, 5.74) is 2.07. The summed E-state index contributed by atoms with van der Waals surface area (Å²) < 4.78 is 19.3. The van der Waals surface area contributed by atoms with Gasteiger partial charge in [-0.2, -0.15) is 0 Å². The molecule has 0 aliphatic carbocycles. The van der Waals surface area contributed by atoms with Gasteiger partial charge < -0.3 is 9.52 Å². The smallest absolute Gasteiger partial charge is 0.335 e. The lowest BCUT2D eigenvalue weighted by atomic mass is 10.1. The van der Waals surface area contributed by atoms with Gasteiger partial charge in [-0.15, -0.1) is 0 Å². The number of nitrogens with zero attached hydrogens (tertiary/aromatic N) is 1. The van der Waals surface area contributed by atoms with Gasteiger partial charge in [0.15, 0.2) is 5.58 Å². The van der Waals surface area contributed by atoms with Gasteiger partial charge in [-0.3, -0.25) is 0 Å². The number of carboxylic acids is 1. The number of fused-ring (bicyclic) bond motifs is 1. The first-order chi connectivity index (χ1) is 9.54. The molecule has 0 radical (unpaired) electrons. The van der Waals surface area contributed by atoms with E-state index in [0.717, 1.165) is 5.56 Å². The Hall–Kier alpha value is -2.69. The molecule has 0 aliphatic heterocycles. The molecule has 0 unspecified atom stereocenters. The number of aromatic nitrogens is 1. The molecule has 0 spiro atoms. The summed E-state index contributed by atoms with van der Waals surface area (Å²) in [6.45, 7) is 1.84. The van der Waals surface area contributed by atoms with Gasteiger partial charge in [-0.25, -0.2) is 14.2 Å². The largest absolute Gasteiger partial charge is 0.478 e. The molecule has 0 fully saturated rings. The Kier molecular flexibility index (Phi) is 2.75. The van der Waals surface area contributed by atoms with Crippen LogP contribution in [0, 0.1) is 12.7 Å². The Morgan fingerprint density at radius 2 is 2.05 bits per heavy atom. The van der Waals surface area contributed by atoms with Crippen LogP contribution in [0.2, 0.25) is 0 Å². The predicted molar refractivity (Wildman–Crippen MR) is 71.1 cm³/mol. The lowest BCUT2D eigenvalue weighted by Gasteiger charge is -1.99. The van der Waals surface area contributed by atoms with Crippen molar-refractivity contribution in [1.29, 1.82) is 0 Å². The van der Waals surface area contributed by atoms with E-state index in [1.54, 1.807) is 12.1 Å². The van der Waals surface area contributed by atoms with E-state index in [2.05, 4.69) is 4.98 Å². The Bertz CT molecular complexity index is 823. The van der Waals surface area contributed by atoms with E-state index >= 15 is 0 Å². The van der Waals surface area contributed by atoms with E-state index in [0.29, 0.717) is 11.1 Å². The fourth-order valence-electron chi connectivity index (χ4n) is 1.98. The third kappa shape index (κ3) is 2.03. The summed E-state index contributed by atoms with van der Waals surface area (Å²) in [6.07, 6.45) is 0. The van der Waals surface area contributed by atoms with Crippen LogP contribution in [0.3, 0.4) is 0 Å². The second-order valence-electron chi connectivity index (χ2n) is 4.49. The molecule has 1 heterocycles. The molecule has 2 aromatic carbocycles. The van der Waals surface area contributed by atoms with Crippen molar-refractivity contribution in [3.8, 4) is 11.5 Å². The van der Waals surface area contributed by atoms with Gasteiger partial charge in [-0.05, 0) is 37.3 Å². The molecule has 0 bridgehead atoms. The standard InChI is InChI=1S/C15H10FNO3/c1-8-2-4-11(16)10(6-8)14-17-12-7-9(15(18)19)3-5-13(12)20-14/h2-7H,1H3,(H,18,19). The van der Waals surface area contributed by atoms with Crippen LogP contribution in [0.4, 0.5) is 4.39 Å². The third-order valence-corrected chi connectivity index (χ3v) is 2.99. The molecule has 3 rings (SSSR count). The van der Waals surface area contributed by atoms with Crippen molar-refractivity contribution in [3.05, 3.63) is 53.3 Å². The third-order valence-electron chi connectivity index (χ3n) is 2.99. The van der Waals surface area contributed by atoms with Gasteiger partial charge in [0.1, 0.15) is 11.3 Å². The van der Waals surface area contributed by atoms with Crippen LogP contribution >= 0.6 is 0 Å². The fraction of sp³-hybridized carbons (Fsp3) is 0.0667. The highest BCUT2D eigenvalue weighted by Gasteiger charge is 2.14. The van der Waals surface area contributed by atoms with Crippen molar-refractivity contribution >= 4 is 17.1 Å². The summed E-state index contributed by atoms with van der Waals surface area (Å²) in [4.78, 5) is 15.1. The fourth-order valence-corrected chi connectivity index (χ4v) is 1.98. The summed E-state index contributed by atoms with van der Waals surface area (Å²) in [5, 5.41) is 8.93. The number of benzene rings is 2. The van der Waals surface area contributed by atoms with Crippen molar-refractivity contribution in [2.75, 3.05) is 0 Å². The Balaban J connectivity index is 2.17. The average Bonchev–Trinajstić information content (AvgIpc) is 2.83. The second kappa shape index (κ2) is 4.45. The van der Waals surface area contributed by atoms with E-state index in [9.17, 15) is 9.18 Å². The van der Waals surface area contributed by atoms with Crippen LogP contribution in [0.25, 0.3) is 22.6 Å². The predicted octanol–water partition coefficient (Wildman–Crippen LogP) is 3.64. The molecule has 1 aromatic heterocycles. The van der Waals surface area contributed by atoms with Crippen LogP contribution < -0.4 is 0 Å². The summed E-state index contributed by atoms with van der Waals surface area (Å²) in [5.74, 6) is -1.33. The van der Waals surface area contributed by atoms with E-state index in [-0.39, 0.29) is 17.0 Å². The monoisotopic (exact) mass is 271 g/mol. The topological polar surface area (TPSA) is 63.3 Å². The molecular weight excluding hydrogens is 261 g/mol. The summed E-state index contributed by atoms with van der Waals surface area (Å²) in [6, 6.07) is 8.98. The summed E-state index contributed by atoms with van der Waals surface area (Å²) in [7, 11) is 0. The number of halogens is 1. The molecule has 100 valence electrons. The van der Waals surface area contributed by atoms with Crippen molar-refractivity contribution in [3.63, 3.8) is 0 Å². The number of rotatable bonds is 2. The second-order valence-corrected chi connectivity index (χ2v) is 4.49. The van der Waals surface area contributed by atoms with Gasteiger partial charge in [0.2, 0.25) is 5.89 Å². The minimum absolute atomic E-state index is 0.113. The molecule has 3 aromatic rings. The summed E-state index contributed by atoms with van der Waals surface area (Å²) >= 11 is 0. The number of hydrogen-bond acceptors (Lipinski definition) is 3. The van der Waals surface area contributed by atoms with Gasteiger partial charge in [0, 0.05) is 0 Å². The SMILES string of the molecule is Cc1ccc(F)c(-c2nc3cc(C(=O)O)ccc3o2)c1. The van der Waals surface area contributed by atoms with E-state index in [1.165, 1.54) is 24.3 Å². The zero-order chi connectivity index (χ0) is 14.3. The van der Waals surface area contributed by atoms with Crippen LogP contribution in [-0.4, -0.2) is 16.1 Å². The quantitative estimate of drug-likeness (QED) is 0.772. The Morgan fingerprint density at radius 3 is 2.80 bits per heavy atom. The maximum absolute atomic E-state index is 13.8. The highest BCUT2D eigenvalue weighted by atomic mass is 19.1. The van der Waals surface area contributed by atoms with Crippen LogP contribution in [-0.2, 0) is 0 Å². The van der Waals surface area contributed by atoms with Crippen molar-refractivity contribution in [2.45, 2.75) is 6.92 Å². The zero-order valence-electron chi connectivity index (χ0n) is 10.6. The van der Waals surface area contributed by atoms with Crippen LogP contribution in [0.15, 0.2) is 40.8 Å². The lowest BCUT2D eigenvalue weighted by molar-refractivity contribution is 0.0697. The van der Waals surface area contributed by atoms with Crippen LogP contribution in [0.5, 0.6) is 0 Å². The number of aryl methyl sites for hydroxylation is 1. The molecule has 0 amide bonds. The molecule has 20 heavy (non-hydrogen) atoms. The number of carbonyl (C=O) groups is 1. The maximum Gasteiger partial charge on any atom is 0.335 e. The van der Waals surface area contributed by atoms with Gasteiger partial charge >= 0.3 is 5.97 Å². The molecule has 0 aliphatic rings. The maximum atomic E-state index is 13.8. The lowest BCUT2D eigenvalue weighted by Crippen LogP contribution is -1.94. The molecule has 0 saturated carbocycles. The highest BCUT2D eigenvalue weighted by molar-refractivity contribution is 5.92. The van der Waals surface area contributed by atoms with Crippen molar-refractivity contribution in [1.82, 2.24) is 4.98 Å². The minimum Gasteiger partial charge on any atom is -0.478 e. The zero-order valence-corrected chi connectivity index (χ0v) is 10.6. The Morgan fingerprint density at radius 1 is 1.25 bits per heavy atom. The molecular formula is C15H10FNO3. The van der Waals surface area contributed by atoms with E-state index in [1.807, 2.05) is 6.92 Å². The molecule has 0 atom stereocenters. The Labute approximate surface area is 113 Å². The average molecular weight is 271 g/mol. The van der Waals surface area contributed by atoms with Crippen molar-refractivity contribution in [2.24, 2.45) is 0 Å². The first kappa shape index (κ1) is 12.3. The number of aromatic carboxylic acids is 1. The first-order valence-electron chi connectivity index (χ1n) is 5.95. The van der Waals surface area contributed by atoms with Gasteiger partial charge in [0.05, 0.1) is 11.1 Å². The van der Waals surface area contributed by atoms with Crippen molar-refractivity contribution < 1.29 is 18.7 Å². The normalized spacial score (nSPS) is 10.9. The van der Waals surface area contributed by atoms with E-state index < -0.39 is 11.8 Å². The van der Waals surface area contributed by atoms with Crippen LogP contribution in [0.1, 0.15) is 15.9 Å². The number of hydrogen-bond donors (Lipinski definition) is 1. The number of oxazole rings is 1. The molecule has 5 heteroatoms. The van der Waals surface area contributed by atoms with E-state index in [4.69, 9.17) is 9.52 Å². The molecule has 1 N–H and O–H groups in total. The first-order valence-corrected chi connectivity index (χ1v) is 5.95. The highest BCUT2D eigenvalue weighted by Crippen LogP contribution is 2.27. The molecule has 0 saturated heterocycles.